The van der Waals surface area contributed by atoms with E-state index in [9.17, 15) is 4.39 Å². The van der Waals surface area contributed by atoms with E-state index < -0.39 is 0 Å². The zero-order valence-electron chi connectivity index (χ0n) is 18.2. The van der Waals surface area contributed by atoms with E-state index in [1.54, 1.807) is 19.4 Å². The summed E-state index contributed by atoms with van der Waals surface area (Å²) in [6.45, 7) is 1.67. The van der Waals surface area contributed by atoms with Crippen LogP contribution in [-0.2, 0) is 0 Å². The Kier molecular flexibility index (Phi) is 4.77. The summed E-state index contributed by atoms with van der Waals surface area (Å²) in [6, 6.07) is 3.38. The van der Waals surface area contributed by atoms with Gasteiger partial charge in [0.15, 0.2) is 10.9 Å². The van der Waals surface area contributed by atoms with Gasteiger partial charge in [-0.3, -0.25) is 0 Å². The third-order valence-electron chi connectivity index (χ3n) is 6.67. The highest BCUT2D eigenvalue weighted by Crippen LogP contribution is 2.44. The van der Waals surface area contributed by atoms with E-state index in [1.165, 1.54) is 23.9 Å². The minimum Gasteiger partial charge on any atom is -0.421 e. The molecule has 3 atom stereocenters. The number of hydrogen-bond donors (Lipinski definition) is 3. The molecule has 0 bridgehead atoms. The summed E-state index contributed by atoms with van der Waals surface area (Å²) in [6.07, 6.45) is 6.12. The molecular formula is C22H23FN8OS. The van der Waals surface area contributed by atoms with Crippen molar-refractivity contribution in [2.45, 2.75) is 17.6 Å². The second-order valence-electron chi connectivity index (χ2n) is 8.54. The number of thioether (sulfide) groups is 1. The molecule has 1 aliphatic heterocycles. The molecule has 0 amide bonds. The molecule has 1 saturated heterocycles. The minimum atomic E-state index is -0.325. The van der Waals surface area contributed by atoms with Crippen molar-refractivity contribution >= 4 is 45.2 Å². The molecule has 6 rings (SSSR count). The standard InChI is InChI=1S/C22H23FN8OS/c1-25-16-5-11(23)4-13-17-19(28-18(13)16)29-21(32-12-6-26-22(33-2)27-7-12)30-20(17)31-8-10-3-15(24)14(10)9-31/h4-7,10,14-15,25H,3,8-9,24H2,1-2H3,(H,28,29,30)/t10?,14?,15-/m1/s1. The average Bonchev–Trinajstić information content (AvgIpc) is 3.36. The van der Waals surface area contributed by atoms with Gasteiger partial charge in [0.25, 0.3) is 0 Å². The number of nitrogens with zero attached hydrogens (tertiary/aromatic N) is 5. The Morgan fingerprint density at radius 2 is 2.06 bits per heavy atom. The molecule has 2 fully saturated rings. The number of nitrogens with one attached hydrogen (secondary N) is 2. The Balaban J connectivity index is 1.50. The van der Waals surface area contributed by atoms with E-state index in [0.29, 0.717) is 34.1 Å². The summed E-state index contributed by atoms with van der Waals surface area (Å²) in [5.41, 5.74) is 8.24. The molecule has 2 aliphatic rings. The molecule has 4 heterocycles. The number of ether oxygens (including phenoxy) is 1. The number of aromatic amines is 1. The Morgan fingerprint density at radius 3 is 2.76 bits per heavy atom. The number of benzene rings is 1. The number of rotatable bonds is 5. The maximum absolute atomic E-state index is 14.4. The van der Waals surface area contributed by atoms with Gasteiger partial charge in [0.05, 0.1) is 29.0 Å². The van der Waals surface area contributed by atoms with Gasteiger partial charge >= 0.3 is 6.01 Å². The van der Waals surface area contributed by atoms with Gasteiger partial charge in [0.2, 0.25) is 0 Å². The molecule has 2 unspecified atom stereocenters. The highest BCUT2D eigenvalue weighted by Gasteiger charge is 2.46. The third-order valence-corrected chi connectivity index (χ3v) is 7.24. The quantitative estimate of drug-likeness (QED) is 0.300. The molecule has 1 saturated carbocycles. The van der Waals surface area contributed by atoms with Gasteiger partial charge in [0.1, 0.15) is 17.3 Å². The van der Waals surface area contributed by atoms with Crippen molar-refractivity contribution < 1.29 is 9.13 Å². The molecule has 4 N–H and O–H groups in total. The van der Waals surface area contributed by atoms with Crippen molar-refractivity contribution in [3.05, 3.63) is 30.3 Å². The third kappa shape index (κ3) is 3.34. The maximum atomic E-state index is 14.4. The molecule has 4 aromatic rings. The van der Waals surface area contributed by atoms with Gasteiger partial charge in [0, 0.05) is 31.6 Å². The van der Waals surface area contributed by atoms with Crippen LogP contribution in [-0.4, -0.2) is 57.4 Å². The molecule has 0 spiro atoms. The van der Waals surface area contributed by atoms with Crippen LogP contribution in [0.25, 0.3) is 21.9 Å². The van der Waals surface area contributed by atoms with Gasteiger partial charge < -0.3 is 25.7 Å². The summed E-state index contributed by atoms with van der Waals surface area (Å²) in [5.74, 6) is 1.84. The molecule has 170 valence electrons. The van der Waals surface area contributed by atoms with Crippen LogP contribution in [0, 0.1) is 17.7 Å². The van der Waals surface area contributed by atoms with Crippen LogP contribution in [0.1, 0.15) is 6.42 Å². The monoisotopic (exact) mass is 466 g/mol. The van der Waals surface area contributed by atoms with Crippen LogP contribution in [0.15, 0.2) is 29.7 Å². The summed E-state index contributed by atoms with van der Waals surface area (Å²) in [4.78, 5) is 23.4. The van der Waals surface area contributed by atoms with E-state index in [1.807, 2.05) is 6.26 Å². The van der Waals surface area contributed by atoms with Gasteiger partial charge in [-0.05, 0) is 36.6 Å². The van der Waals surface area contributed by atoms with Crippen molar-refractivity contribution in [3.63, 3.8) is 0 Å². The van der Waals surface area contributed by atoms with Crippen LogP contribution in [0.2, 0.25) is 0 Å². The average molecular weight is 467 g/mol. The maximum Gasteiger partial charge on any atom is 0.326 e. The first-order valence-corrected chi connectivity index (χ1v) is 12.0. The number of hydrogen-bond acceptors (Lipinski definition) is 9. The fourth-order valence-electron chi connectivity index (χ4n) is 5.00. The molecular weight excluding hydrogens is 443 g/mol. The Hall–Kier alpha value is -3.18. The van der Waals surface area contributed by atoms with Gasteiger partial charge in [-0.25, -0.2) is 14.4 Å². The molecule has 3 aromatic heterocycles. The van der Waals surface area contributed by atoms with Gasteiger partial charge in [-0.1, -0.05) is 11.8 Å². The lowest BCUT2D eigenvalue weighted by Crippen LogP contribution is -2.46. The second kappa shape index (κ2) is 7.70. The predicted molar refractivity (Wildman–Crippen MR) is 127 cm³/mol. The fraction of sp³-hybridized carbons (Fsp3) is 0.364. The number of fused-ring (bicyclic) bond motifs is 4. The number of aromatic nitrogens is 5. The molecule has 33 heavy (non-hydrogen) atoms. The van der Waals surface area contributed by atoms with E-state index in [4.69, 9.17) is 15.5 Å². The van der Waals surface area contributed by atoms with Gasteiger partial charge in [-0.2, -0.15) is 9.97 Å². The van der Waals surface area contributed by atoms with Crippen molar-refractivity contribution in [3.8, 4) is 11.8 Å². The fourth-order valence-corrected chi connectivity index (χ4v) is 5.31. The smallest absolute Gasteiger partial charge is 0.326 e. The number of H-pyrrole nitrogens is 1. The van der Waals surface area contributed by atoms with Crippen LogP contribution >= 0.6 is 11.8 Å². The zero-order valence-corrected chi connectivity index (χ0v) is 19.0. The zero-order chi connectivity index (χ0) is 22.7. The summed E-state index contributed by atoms with van der Waals surface area (Å²) in [7, 11) is 1.76. The van der Waals surface area contributed by atoms with E-state index in [2.05, 4.69) is 30.2 Å². The predicted octanol–water partition coefficient (Wildman–Crippen LogP) is 3.38. The first-order valence-electron chi connectivity index (χ1n) is 10.8. The normalized spacial score (nSPS) is 21.9. The summed E-state index contributed by atoms with van der Waals surface area (Å²) < 4.78 is 20.4. The van der Waals surface area contributed by atoms with Crippen molar-refractivity contribution in [2.24, 2.45) is 17.6 Å². The van der Waals surface area contributed by atoms with Crippen molar-refractivity contribution in [1.82, 2.24) is 24.9 Å². The Bertz CT molecular complexity index is 1360. The molecule has 9 nitrogen and oxygen atoms in total. The lowest BCUT2D eigenvalue weighted by Gasteiger charge is -2.36. The summed E-state index contributed by atoms with van der Waals surface area (Å²) in [5, 5.41) is 5.21. The molecule has 11 heteroatoms. The molecule has 1 aliphatic carbocycles. The van der Waals surface area contributed by atoms with Crippen LogP contribution < -0.4 is 20.7 Å². The Labute approximate surface area is 193 Å². The van der Waals surface area contributed by atoms with Crippen molar-refractivity contribution in [2.75, 3.05) is 36.6 Å². The largest absolute Gasteiger partial charge is 0.421 e. The van der Waals surface area contributed by atoms with Crippen LogP contribution in [0.3, 0.4) is 0 Å². The van der Waals surface area contributed by atoms with E-state index in [0.717, 1.165) is 41.6 Å². The van der Waals surface area contributed by atoms with Crippen LogP contribution in [0.4, 0.5) is 15.9 Å². The van der Waals surface area contributed by atoms with Crippen molar-refractivity contribution in [1.29, 1.82) is 0 Å². The molecule has 0 radical (unpaired) electrons. The van der Waals surface area contributed by atoms with E-state index in [-0.39, 0.29) is 17.9 Å². The lowest BCUT2D eigenvalue weighted by molar-refractivity contribution is 0.194. The van der Waals surface area contributed by atoms with Gasteiger partial charge in [-0.15, -0.1) is 0 Å². The number of nitrogens with two attached hydrogens (primary N) is 1. The minimum absolute atomic E-state index is 0.180. The second-order valence-corrected chi connectivity index (χ2v) is 9.31. The first kappa shape index (κ1) is 20.4. The molecule has 1 aromatic carbocycles. The number of halogens is 1. The number of anilines is 2. The highest BCUT2D eigenvalue weighted by atomic mass is 32.2. The first-order chi connectivity index (χ1) is 16.0. The Morgan fingerprint density at radius 1 is 1.24 bits per heavy atom. The van der Waals surface area contributed by atoms with Crippen LogP contribution in [0.5, 0.6) is 11.8 Å². The topological polar surface area (TPSA) is 118 Å². The lowest BCUT2D eigenvalue weighted by atomic mass is 9.72. The van der Waals surface area contributed by atoms with E-state index >= 15 is 0 Å². The summed E-state index contributed by atoms with van der Waals surface area (Å²) >= 11 is 1.45. The highest BCUT2D eigenvalue weighted by molar-refractivity contribution is 7.98. The SMILES string of the molecule is CNc1cc(F)cc2c1[nH]c1nc(Oc3cnc(SC)nc3)nc(N3CC4C[C@@H](N)C4C3)c12.